The molecule has 1 aliphatic rings. The van der Waals surface area contributed by atoms with Gasteiger partial charge >= 0.3 is 0 Å². The van der Waals surface area contributed by atoms with E-state index in [0.717, 1.165) is 30.7 Å². The van der Waals surface area contributed by atoms with Crippen LogP contribution in [0.2, 0.25) is 0 Å². The molecule has 0 bridgehead atoms. The summed E-state index contributed by atoms with van der Waals surface area (Å²) in [6.07, 6.45) is 3.47. The first-order chi connectivity index (χ1) is 8.97. The lowest BCUT2D eigenvalue weighted by Gasteiger charge is -2.26. The molecule has 0 unspecified atom stereocenters. The lowest BCUT2D eigenvalue weighted by Crippen LogP contribution is -2.27. The molecule has 19 heavy (non-hydrogen) atoms. The van der Waals surface area contributed by atoms with E-state index in [1.807, 2.05) is 19.9 Å². The molecule has 106 valence electrons. The second-order valence-electron chi connectivity index (χ2n) is 5.56. The minimum absolute atomic E-state index is 0.0290. The van der Waals surface area contributed by atoms with Gasteiger partial charge in [0.25, 0.3) is 0 Å². The summed E-state index contributed by atoms with van der Waals surface area (Å²) in [6.45, 7) is 3.77. The van der Waals surface area contributed by atoms with E-state index in [9.17, 15) is 9.90 Å². The van der Waals surface area contributed by atoms with Crippen molar-refractivity contribution < 1.29 is 9.90 Å². The van der Waals surface area contributed by atoms with Gasteiger partial charge in [0.05, 0.1) is 21.7 Å². The molecule has 1 aromatic rings. The van der Waals surface area contributed by atoms with Crippen LogP contribution in [0.15, 0.2) is 6.07 Å². The molecule has 1 heterocycles. The summed E-state index contributed by atoms with van der Waals surface area (Å²) in [6, 6.07) is 2.23. The van der Waals surface area contributed by atoms with Crippen molar-refractivity contribution in [2.75, 3.05) is 11.1 Å². The van der Waals surface area contributed by atoms with Crippen molar-refractivity contribution in [2.45, 2.75) is 51.7 Å². The van der Waals surface area contributed by atoms with Crippen LogP contribution in [-0.2, 0) is 0 Å². The van der Waals surface area contributed by atoms with Crippen LogP contribution in [0, 0.1) is 5.92 Å². The number of rotatable bonds is 4. The van der Waals surface area contributed by atoms with Crippen LogP contribution in [-0.4, -0.2) is 23.0 Å². The summed E-state index contributed by atoms with van der Waals surface area (Å²) in [7, 11) is 0. The van der Waals surface area contributed by atoms with Gasteiger partial charge in [-0.3, -0.25) is 4.79 Å². The number of anilines is 2. The number of aliphatic hydroxyl groups excluding tert-OH is 1. The Balaban J connectivity index is 2.02. The number of thiophene rings is 1. The zero-order valence-electron chi connectivity index (χ0n) is 11.5. The van der Waals surface area contributed by atoms with Gasteiger partial charge in [0.2, 0.25) is 0 Å². The van der Waals surface area contributed by atoms with Crippen LogP contribution in [0.4, 0.5) is 10.7 Å². The minimum atomic E-state index is -0.149. The standard InChI is InChI=1S/C14H22N2O2S/c1-8(2)13(18)14-11(15)7-12(19-14)16-9-3-5-10(17)6-4-9/h7-10,16-17H,3-6,15H2,1-2H3. The number of Topliss-reactive ketones (excluding diaryl/α,β-unsaturated/α-hetero) is 1. The Morgan fingerprint density at radius 3 is 2.63 bits per heavy atom. The molecule has 0 aliphatic heterocycles. The molecule has 0 aromatic carbocycles. The fourth-order valence-corrected chi connectivity index (χ4v) is 3.50. The van der Waals surface area contributed by atoms with E-state index < -0.39 is 0 Å². The van der Waals surface area contributed by atoms with Crippen molar-refractivity contribution in [1.82, 2.24) is 0 Å². The highest BCUT2D eigenvalue weighted by atomic mass is 32.1. The van der Waals surface area contributed by atoms with E-state index in [0.29, 0.717) is 16.6 Å². The van der Waals surface area contributed by atoms with E-state index in [2.05, 4.69) is 5.32 Å². The fourth-order valence-electron chi connectivity index (χ4n) is 2.35. The predicted octanol–water partition coefficient (Wildman–Crippen LogP) is 2.88. The fraction of sp³-hybridized carbons (Fsp3) is 0.643. The maximum atomic E-state index is 12.0. The first kappa shape index (κ1) is 14.3. The topological polar surface area (TPSA) is 75.3 Å². The van der Waals surface area contributed by atoms with Crippen LogP contribution in [0.3, 0.4) is 0 Å². The van der Waals surface area contributed by atoms with Crippen LogP contribution in [0.5, 0.6) is 0 Å². The van der Waals surface area contributed by atoms with Gasteiger partial charge in [-0.25, -0.2) is 0 Å². The van der Waals surface area contributed by atoms with E-state index in [-0.39, 0.29) is 17.8 Å². The average molecular weight is 282 g/mol. The van der Waals surface area contributed by atoms with Crippen molar-refractivity contribution in [3.05, 3.63) is 10.9 Å². The highest BCUT2D eigenvalue weighted by Gasteiger charge is 2.22. The molecule has 0 spiro atoms. The summed E-state index contributed by atoms with van der Waals surface area (Å²) < 4.78 is 0. The summed E-state index contributed by atoms with van der Waals surface area (Å²) in [5.74, 6) is 0.0771. The maximum absolute atomic E-state index is 12.0. The van der Waals surface area contributed by atoms with E-state index in [1.54, 1.807) is 0 Å². The van der Waals surface area contributed by atoms with Gasteiger partial charge in [0, 0.05) is 12.0 Å². The van der Waals surface area contributed by atoms with Crippen LogP contribution in [0.25, 0.3) is 0 Å². The van der Waals surface area contributed by atoms with Crippen molar-refractivity contribution in [3.63, 3.8) is 0 Å². The minimum Gasteiger partial charge on any atom is -0.397 e. The number of hydrogen-bond donors (Lipinski definition) is 3. The van der Waals surface area contributed by atoms with E-state index in [1.165, 1.54) is 11.3 Å². The number of nitrogen functional groups attached to an aromatic ring is 1. The van der Waals surface area contributed by atoms with Crippen molar-refractivity contribution in [2.24, 2.45) is 5.92 Å². The Morgan fingerprint density at radius 1 is 1.42 bits per heavy atom. The Morgan fingerprint density at radius 2 is 2.05 bits per heavy atom. The van der Waals surface area contributed by atoms with Crippen LogP contribution >= 0.6 is 11.3 Å². The summed E-state index contributed by atoms with van der Waals surface area (Å²) in [4.78, 5) is 12.6. The first-order valence-electron chi connectivity index (χ1n) is 6.85. The predicted molar refractivity (Wildman–Crippen MR) is 79.8 cm³/mol. The zero-order valence-corrected chi connectivity index (χ0v) is 12.3. The summed E-state index contributed by atoms with van der Waals surface area (Å²) in [5, 5.41) is 13.9. The van der Waals surface area contributed by atoms with Crippen molar-refractivity contribution >= 4 is 27.8 Å². The Kier molecular flexibility index (Phi) is 4.47. The van der Waals surface area contributed by atoms with Crippen molar-refractivity contribution in [3.8, 4) is 0 Å². The summed E-state index contributed by atoms with van der Waals surface area (Å²) in [5.41, 5.74) is 6.49. The third-order valence-electron chi connectivity index (χ3n) is 3.55. The van der Waals surface area contributed by atoms with Gasteiger partial charge in [0.15, 0.2) is 5.78 Å². The number of hydrogen-bond acceptors (Lipinski definition) is 5. The highest BCUT2D eigenvalue weighted by molar-refractivity contribution is 7.18. The molecule has 4 nitrogen and oxygen atoms in total. The quantitative estimate of drug-likeness (QED) is 0.742. The molecule has 0 atom stereocenters. The zero-order chi connectivity index (χ0) is 14.0. The summed E-state index contributed by atoms with van der Waals surface area (Å²) >= 11 is 1.44. The third-order valence-corrected chi connectivity index (χ3v) is 4.65. The third kappa shape index (κ3) is 3.48. The second kappa shape index (κ2) is 5.92. The number of ketones is 1. The lowest BCUT2D eigenvalue weighted by atomic mass is 9.93. The van der Waals surface area contributed by atoms with Gasteiger partial charge in [-0.1, -0.05) is 13.8 Å². The Hall–Kier alpha value is -1.07. The molecule has 0 radical (unpaired) electrons. The van der Waals surface area contributed by atoms with Gasteiger partial charge in [-0.2, -0.15) is 0 Å². The molecule has 0 amide bonds. The van der Waals surface area contributed by atoms with E-state index >= 15 is 0 Å². The number of carbonyl (C=O) groups is 1. The Bertz CT molecular complexity index is 448. The molecule has 2 rings (SSSR count). The average Bonchev–Trinajstić information content (AvgIpc) is 2.72. The molecule has 1 fully saturated rings. The molecule has 5 heteroatoms. The number of aliphatic hydroxyl groups is 1. The largest absolute Gasteiger partial charge is 0.397 e. The smallest absolute Gasteiger partial charge is 0.177 e. The maximum Gasteiger partial charge on any atom is 0.177 e. The molecular weight excluding hydrogens is 260 g/mol. The molecular formula is C14H22N2O2S. The van der Waals surface area contributed by atoms with E-state index in [4.69, 9.17) is 5.73 Å². The molecule has 1 aliphatic carbocycles. The van der Waals surface area contributed by atoms with Gasteiger partial charge in [0.1, 0.15) is 0 Å². The van der Waals surface area contributed by atoms with Crippen LogP contribution < -0.4 is 11.1 Å². The van der Waals surface area contributed by atoms with Gasteiger partial charge in [-0.05, 0) is 31.7 Å². The molecule has 4 N–H and O–H groups in total. The molecule has 0 saturated heterocycles. The SMILES string of the molecule is CC(C)C(=O)c1sc(NC2CCC(O)CC2)cc1N. The highest BCUT2D eigenvalue weighted by Crippen LogP contribution is 2.33. The Labute approximate surface area is 118 Å². The van der Waals surface area contributed by atoms with Crippen molar-refractivity contribution in [1.29, 1.82) is 0 Å². The number of nitrogens with one attached hydrogen (secondary N) is 1. The monoisotopic (exact) mass is 282 g/mol. The van der Waals surface area contributed by atoms with Gasteiger partial charge in [-0.15, -0.1) is 11.3 Å². The molecule has 1 aromatic heterocycles. The number of carbonyl (C=O) groups excluding carboxylic acids is 1. The first-order valence-corrected chi connectivity index (χ1v) is 7.67. The van der Waals surface area contributed by atoms with Crippen LogP contribution in [0.1, 0.15) is 49.2 Å². The second-order valence-corrected chi connectivity index (χ2v) is 6.62. The van der Waals surface area contributed by atoms with Gasteiger partial charge < -0.3 is 16.2 Å². The normalized spacial score (nSPS) is 23.6. The molecule has 1 saturated carbocycles. The lowest BCUT2D eigenvalue weighted by molar-refractivity contribution is 0.0944. The number of nitrogens with two attached hydrogens (primary N) is 1.